The number of aromatic nitrogens is 1. The van der Waals surface area contributed by atoms with Gasteiger partial charge in [0.2, 0.25) is 0 Å². The molecule has 1 amide bonds. The molecule has 0 bridgehead atoms. The van der Waals surface area contributed by atoms with E-state index >= 15 is 0 Å². The summed E-state index contributed by atoms with van der Waals surface area (Å²) in [6.07, 6.45) is 1.55. The summed E-state index contributed by atoms with van der Waals surface area (Å²) in [5.74, 6) is -0.599. The van der Waals surface area contributed by atoms with E-state index in [2.05, 4.69) is 4.98 Å². The second-order valence-electron chi connectivity index (χ2n) is 4.98. The zero-order chi connectivity index (χ0) is 15.0. The molecule has 1 aliphatic rings. The van der Waals surface area contributed by atoms with E-state index in [4.69, 9.17) is 0 Å². The van der Waals surface area contributed by atoms with E-state index in [1.165, 1.54) is 4.90 Å². The Morgan fingerprint density at radius 3 is 2.62 bits per heavy atom. The van der Waals surface area contributed by atoms with Crippen molar-refractivity contribution in [3.63, 3.8) is 0 Å². The number of amides is 1. The van der Waals surface area contributed by atoms with Crippen molar-refractivity contribution in [3.8, 4) is 5.75 Å². The molecule has 1 aromatic carbocycles. The van der Waals surface area contributed by atoms with Gasteiger partial charge in [-0.25, -0.2) is 8.42 Å². The number of pyridine rings is 1. The third-order valence-electron chi connectivity index (χ3n) is 3.61. The molecular weight excluding hydrogens is 292 g/mol. The predicted octanol–water partition coefficient (Wildman–Crippen LogP) is 0.811. The maximum Gasteiger partial charge on any atom is 0.257 e. The Balaban J connectivity index is 1.94. The van der Waals surface area contributed by atoms with Crippen molar-refractivity contribution >= 4 is 26.6 Å². The van der Waals surface area contributed by atoms with Crippen LogP contribution in [0.3, 0.4) is 0 Å². The summed E-state index contributed by atoms with van der Waals surface area (Å²) in [4.78, 5) is 17.9. The molecule has 1 saturated heterocycles. The first-order valence-corrected chi connectivity index (χ1v) is 8.36. The number of fused-ring (bicyclic) bond motifs is 1. The van der Waals surface area contributed by atoms with E-state index in [0.29, 0.717) is 5.52 Å². The number of rotatable bonds is 1. The van der Waals surface area contributed by atoms with Crippen LogP contribution < -0.4 is 0 Å². The lowest BCUT2D eigenvalue weighted by Gasteiger charge is -2.27. The quantitative estimate of drug-likeness (QED) is 0.842. The highest BCUT2D eigenvalue weighted by atomic mass is 32.2. The van der Waals surface area contributed by atoms with E-state index in [1.54, 1.807) is 30.5 Å². The molecule has 21 heavy (non-hydrogen) atoms. The number of benzene rings is 1. The summed E-state index contributed by atoms with van der Waals surface area (Å²) < 4.78 is 22.8. The van der Waals surface area contributed by atoms with Crippen LogP contribution in [0.4, 0.5) is 0 Å². The van der Waals surface area contributed by atoms with E-state index < -0.39 is 9.84 Å². The lowest BCUT2D eigenvalue weighted by molar-refractivity contribution is 0.0767. The van der Waals surface area contributed by atoms with Crippen LogP contribution in [-0.4, -0.2) is 53.9 Å². The Morgan fingerprint density at radius 1 is 1.19 bits per heavy atom. The van der Waals surface area contributed by atoms with Crippen LogP contribution >= 0.6 is 0 Å². The van der Waals surface area contributed by atoms with Gasteiger partial charge in [-0.1, -0.05) is 12.1 Å². The summed E-state index contributed by atoms with van der Waals surface area (Å²) in [6, 6.07) is 6.81. The molecule has 0 saturated carbocycles. The van der Waals surface area contributed by atoms with Gasteiger partial charge in [-0.3, -0.25) is 9.78 Å². The number of hydrogen-bond acceptors (Lipinski definition) is 5. The summed E-state index contributed by atoms with van der Waals surface area (Å²) in [6.45, 7) is 0.307. The van der Waals surface area contributed by atoms with Gasteiger partial charge in [0, 0.05) is 24.7 Å². The molecule has 1 aliphatic heterocycles. The standard InChI is InChI=1S/C14H14N2O4S/c17-13-11(4-3-10-2-1-5-15-12(10)13)14(18)16-6-8-21(19,20)9-7-16/h1-5,17H,6-9H2. The van der Waals surface area contributed by atoms with Crippen molar-refractivity contribution in [2.24, 2.45) is 0 Å². The van der Waals surface area contributed by atoms with Crippen molar-refractivity contribution in [3.05, 3.63) is 36.0 Å². The zero-order valence-electron chi connectivity index (χ0n) is 11.2. The number of carbonyl (C=O) groups is 1. The van der Waals surface area contributed by atoms with Crippen molar-refractivity contribution in [1.82, 2.24) is 9.88 Å². The number of aromatic hydroxyl groups is 1. The Labute approximate surface area is 121 Å². The predicted molar refractivity (Wildman–Crippen MR) is 78.0 cm³/mol. The molecule has 0 unspecified atom stereocenters. The largest absolute Gasteiger partial charge is 0.505 e. The van der Waals surface area contributed by atoms with Crippen molar-refractivity contribution in [1.29, 1.82) is 0 Å². The highest BCUT2D eigenvalue weighted by molar-refractivity contribution is 7.91. The average molecular weight is 306 g/mol. The SMILES string of the molecule is O=C(c1ccc2cccnc2c1O)N1CCS(=O)(=O)CC1. The van der Waals surface area contributed by atoms with Crippen LogP contribution in [0, 0.1) is 0 Å². The summed E-state index contributed by atoms with van der Waals surface area (Å²) in [7, 11) is -3.04. The number of hydrogen-bond donors (Lipinski definition) is 1. The van der Waals surface area contributed by atoms with E-state index in [0.717, 1.165) is 5.39 Å². The van der Waals surface area contributed by atoms with E-state index in [9.17, 15) is 18.3 Å². The van der Waals surface area contributed by atoms with Crippen molar-refractivity contribution in [2.45, 2.75) is 0 Å². The Bertz CT molecular complexity index is 803. The van der Waals surface area contributed by atoms with Crippen LogP contribution in [0.25, 0.3) is 10.9 Å². The first-order chi connectivity index (χ1) is 9.98. The normalized spacial score (nSPS) is 17.8. The molecule has 7 heteroatoms. The van der Waals surface area contributed by atoms with Gasteiger partial charge < -0.3 is 10.0 Å². The van der Waals surface area contributed by atoms with Gasteiger partial charge in [-0.2, -0.15) is 0 Å². The molecule has 0 atom stereocenters. The monoisotopic (exact) mass is 306 g/mol. The Kier molecular flexibility index (Phi) is 3.29. The Hall–Kier alpha value is -2.15. The number of phenolic OH excluding ortho intramolecular Hbond substituents is 1. The van der Waals surface area contributed by atoms with Gasteiger partial charge in [0.15, 0.2) is 15.6 Å². The molecule has 3 rings (SSSR count). The van der Waals surface area contributed by atoms with E-state index in [1.807, 2.05) is 0 Å². The van der Waals surface area contributed by atoms with Gasteiger partial charge in [-0.15, -0.1) is 0 Å². The third-order valence-corrected chi connectivity index (χ3v) is 5.22. The van der Waals surface area contributed by atoms with Gasteiger partial charge >= 0.3 is 0 Å². The summed E-state index contributed by atoms with van der Waals surface area (Å²) in [5, 5.41) is 11.0. The number of nitrogens with zero attached hydrogens (tertiary/aromatic N) is 2. The lowest BCUT2D eigenvalue weighted by Crippen LogP contribution is -2.43. The average Bonchev–Trinajstić information content (AvgIpc) is 2.47. The summed E-state index contributed by atoms with van der Waals surface area (Å²) >= 11 is 0. The van der Waals surface area contributed by atoms with Crippen molar-refractivity contribution in [2.75, 3.05) is 24.6 Å². The first kappa shape index (κ1) is 13.8. The maximum atomic E-state index is 12.4. The van der Waals surface area contributed by atoms with Crippen LogP contribution in [0.15, 0.2) is 30.5 Å². The highest BCUT2D eigenvalue weighted by Crippen LogP contribution is 2.28. The Morgan fingerprint density at radius 2 is 1.90 bits per heavy atom. The first-order valence-electron chi connectivity index (χ1n) is 6.54. The molecule has 2 heterocycles. The van der Waals surface area contributed by atoms with Crippen molar-refractivity contribution < 1.29 is 18.3 Å². The zero-order valence-corrected chi connectivity index (χ0v) is 12.0. The van der Waals surface area contributed by atoms with E-state index in [-0.39, 0.29) is 41.8 Å². The maximum absolute atomic E-state index is 12.4. The molecule has 1 fully saturated rings. The van der Waals surface area contributed by atoms with Crippen LogP contribution in [0.1, 0.15) is 10.4 Å². The fourth-order valence-corrected chi connectivity index (χ4v) is 3.59. The highest BCUT2D eigenvalue weighted by Gasteiger charge is 2.27. The van der Waals surface area contributed by atoms with Crippen LogP contribution in [0.5, 0.6) is 5.75 Å². The van der Waals surface area contributed by atoms with Crippen LogP contribution in [0.2, 0.25) is 0 Å². The molecule has 2 aromatic rings. The molecule has 110 valence electrons. The second-order valence-corrected chi connectivity index (χ2v) is 7.28. The molecule has 0 aliphatic carbocycles. The molecule has 0 radical (unpaired) electrons. The second kappa shape index (κ2) is 5.00. The van der Waals surface area contributed by atoms with Gasteiger partial charge in [-0.05, 0) is 12.1 Å². The third kappa shape index (κ3) is 2.56. The number of carbonyl (C=O) groups excluding carboxylic acids is 1. The molecule has 1 N–H and O–H groups in total. The molecule has 1 aromatic heterocycles. The minimum absolute atomic E-state index is 0.0364. The topological polar surface area (TPSA) is 87.6 Å². The molecule has 6 nitrogen and oxygen atoms in total. The fourth-order valence-electron chi connectivity index (χ4n) is 2.39. The van der Waals surface area contributed by atoms with Gasteiger partial charge in [0.05, 0.1) is 17.1 Å². The molecular formula is C14H14N2O4S. The fraction of sp³-hybridized carbons (Fsp3) is 0.286. The smallest absolute Gasteiger partial charge is 0.257 e. The lowest BCUT2D eigenvalue weighted by atomic mass is 10.1. The van der Waals surface area contributed by atoms with Gasteiger partial charge in [0.1, 0.15) is 5.52 Å². The number of phenols is 1. The molecule has 0 spiro atoms. The van der Waals surface area contributed by atoms with Crippen LogP contribution in [-0.2, 0) is 9.84 Å². The van der Waals surface area contributed by atoms with Gasteiger partial charge in [0.25, 0.3) is 5.91 Å². The number of sulfone groups is 1. The minimum Gasteiger partial charge on any atom is -0.505 e. The minimum atomic E-state index is -3.04. The summed E-state index contributed by atoms with van der Waals surface area (Å²) in [5.41, 5.74) is 0.522.